The third kappa shape index (κ3) is 3.65. The number of rotatable bonds is 5. The molecule has 0 amide bonds. The predicted molar refractivity (Wildman–Crippen MR) is 53.9 cm³/mol. The highest BCUT2D eigenvalue weighted by Crippen LogP contribution is 2.25. The summed E-state index contributed by atoms with van der Waals surface area (Å²) in [6.45, 7) is 7.21. The van der Waals surface area contributed by atoms with E-state index in [0.717, 1.165) is 13.0 Å². The molecule has 1 aliphatic carbocycles. The molecule has 1 rings (SSSR count). The van der Waals surface area contributed by atoms with Gasteiger partial charge < -0.3 is 9.47 Å². The van der Waals surface area contributed by atoms with Gasteiger partial charge in [-0.15, -0.1) is 0 Å². The summed E-state index contributed by atoms with van der Waals surface area (Å²) in [5.74, 6) is 0. The average Bonchev–Trinajstić information content (AvgIpc) is 2.48. The molecule has 0 heterocycles. The van der Waals surface area contributed by atoms with E-state index in [1.54, 1.807) is 0 Å². The largest absolute Gasteiger partial charge is 0.376 e. The molecule has 2 heteroatoms. The lowest BCUT2D eigenvalue weighted by molar-refractivity contribution is -0.0770. The minimum absolute atomic E-state index is 0.329. The van der Waals surface area contributed by atoms with Crippen molar-refractivity contribution in [3.8, 4) is 0 Å². The summed E-state index contributed by atoms with van der Waals surface area (Å²) < 4.78 is 11.5. The lowest BCUT2D eigenvalue weighted by Gasteiger charge is -2.22. The molecule has 1 aliphatic rings. The summed E-state index contributed by atoms with van der Waals surface area (Å²) in [5.41, 5.74) is 0. The van der Waals surface area contributed by atoms with Gasteiger partial charge in [0, 0.05) is 6.61 Å². The van der Waals surface area contributed by atoms with E-state index in [1.165, 1.54) is 19.3 Å². The lowest BCUT2D eigenvalue weighted by Crippen LogP contribution is -2.28. The SMILES string of the molecule is CCCOC1CCCC1OC(C)C. The lowest BCUT2D eigenvalue weighted by atomic mass is 10.2. The van der Waals surface area contributed by atoms with Gasteiger partial charge in [0.2, 0.25) is 0 Å². The van der Waals surface area contributed by atoms with Crippen molar-refractivity contribution in [1.82, 2.24) is 0 Å². The molecule has 1 saturated carbocycles. The van der Waals surface area contributed by atoms with Crippen molar-refractivity contribution in [2.24, 2.45) is 0 Å². The van der Waals surface area contributed by atoms with Crippen molar-refractivity contribution in [2.75, 3.05) is 6.61 Å². The Bertz CT molecular complexity index is 134. The maximum absolute atomic E-state index is 5.80. The molecule has 0 spiro atoms. The van der Waals surface area contributed by atoms with Gasteiger partial charge in [0.25, 0.3) is 0 Å². The second-order valence-corrected chi connectivity index (χ2v) is 4.06. The molecule has 2 atom stereocenters. The van der Waals surface area contributed by atoms with E-state index in [4.69, 9.17) is 9.47 Å². The van der Waals surface area contributed by atoms with E-state index in [1.807, 2.05) is 0 Å². The first-order chi connectivity index (χ1) is 6.24. The van der Waals surface area contributed by atoms with E-state index >= 15 is 0 Å². The Hall–Kier alpha value is -0.0800. The minimum Gasteiger partial charge on any atom is -0.376 e. The van der Waals surface area contributed by atoms with Crippen molar-refractivity contribution in [3.63, 3.8) is 0 Å². The Morgan fingerprint density at radius 2 is 1.92 bits per heavy atom. The first-order valence-electron chi connectivity index (χ1n) is 5.51. The summed E-state index contributed by atoms with van der Waals surface area (Å²) >= 11 is 0. The van der Waals surface area contributed by atoms with Crippen LogP contribution >= 0.6 is 0 Å². The summed E-state index contributed by atoms with van der Waals surface area (Å²) in [6.07, 6.45) is 5.75. The molecule has 0 aliphatic heterocycles. The van der Waals surface area contributed by atoms with Crippen LogP contribution in [0.5, 0.6) is 0 Å². The number of hydrogen-bond donors (Lipinski definition) is 0. The third-order valence-electron chi connectivity index (χ3n) is 2.37. The van der Waals surface area contributed by atoms with Crippen LogP contribution in [0.4, 0.5) is 0 Å². The quantitative estimate of drug-likeness (QED) is 0.657. The van der Waals surface area contributed by atoms with Gasteiger partial charge in [-0.2, -0.15) is 0 Å². The normalized spacial score (nSPS) is 28.6. The zero-order chi connectivity index (χ0) is 9.68. The Balaban J connectivity index is 2.26. The fourth-order valence-corrected chi connectivity index (χ4v) is 1.86. The van der Waals surface area contributed by atoms with Gasteiger partial charge in [0.1, 0.15) is 0 Å². The van der Waals surface area contributed by atoms with Crippen LogP contribution in [0.3, 0.4) is 0 Å². The standard InChI is InChI=1S/C11H22O2/c1-4-8-12-10-6-5-7-11(10)13-9(2)3/h9-11H,4-8H2,1-3H3. The fourth-order valence-electron chi connectivity index (χ4n) is 1.86. The smallest absolute Gasteiger partial charge is 0.0840 e. The van der Waals surface area contributed by atoms with Crippen molar-refractivity contribution in [2.45, 2.75) is 64.8 Å². The highest BCUT2D eigenvalue weighted by molar-refractivity contribution is 4.79. The Morgan fingerprint density at radius 3 is 2.54 bits per heavy atom. The van der Waals surface area contributed by atoms with Crippen LogP contribution in [-0.2, 0) is 9.47 Å². The van der Waals surface area contributed by atoms with Crippen LogP contribution in [0.1, 0.15) is 46.5 Å². The third-order valence-corrected chi connectivity index (χ3v) is 2.37. The Labute approximate surface area is 81.6 Å². The molecule has 0 radical (unpaired) electrons. The molecule has 78 valence electrons. The van der Waals surface area contributed by atoms with E-state index in [2.05, 4.69) is 20.8 Å². The van der Waals surface area contributed by atoms with Gasteiger partial charge in [-0.05, 0) is 39.5 Å². The molecule has 13 heavy (non-hydrogen) atoms. The maximum atomic E-state index is 5.80. The van der Waals surface area contributed by atoms with Crippen molar-refractivity contribution >= 4 is 0 Å². The zero-order valence-electron chi connectivity index (χ0n) is 9.08. The second-order valence-electron chi connectivity index (χ2n) is 4.06. The van der Waals surface area contributed by atoms with Gasteiger partial charge in [-0.1, -0.05) is 6.92 Å². The van der Waals surface area contributed by atoms with Crippen LogP contribution in [0.15, 0.2) is 0 Å². The predicted octanol–water partition coefficient (Wildman–Crippen LogP) is 2.76. The molecule has 0 N–H and O–H groups in total. The van der Waals surface area contributed by atoms with Crippen molar-refractivity contribution in [1.29, 1.82) is 0 Å². The molecule has 0 aromatic rings. The van der Waals surface area contributed by atoms with Crippen molar-refractivity contribution < 1.29 is 9.47 Å². The van der Waals surface area contributed by atoms with Gasteiger partial charge in [0.15, 0.2) is 0 Å². The molecule has 0 saturated heterocycles. The maximum Gasteiger partial charge on any atom is 0.0840 e. The van der Waals surface area contributed by atoms with Gasteiger partial charge in [-0.3, -0.25) is 0 Å². The molecule has 1 fully saturated rings. The molecular weight excluding hydrogens is 164 g/mol. The summed E-state index contributed by atoms with van der Waals surface area (Å²) in [4.78, 5) is 0. The highest BCUT2D eigenvalue weighted by atomic mass is 16.5. The number of ether oxygens (including phenoxy) is 2. The first-order valence-corrected chi connectivity index (χ1v) is 5.51. The van der Waals surface area contributed by atoms with Crippen LogP contribution < -0.4 is 0 Å². The first kappa shape index (κ1) is 11.0. The van der Waals surface area contributed by atoms with Crippen molar-refractivity contribution in [3.05, 3.63) is 0 Å². The van der Waals surface area contributed by atoms with Gasteiger partial charge in [0.05, 0.1) is 18.3 Å². The van der Waals surface area contributed by atoms with E-state index < -0.39 is 0 Å². The fraction of sp³-hybridized carbons (Fsp3) is 1.00. The average molecular weight is 186 g/mol. The van der Waals surface area contributed by atoms with Crippen LogP contribution in [0.2, 0.25) is 0 Å². The molecule has 0 bridgehead atoms. The molecule has 0 aromatic carbocycles. The van der Waals surface area contributed by atoms with Gasteiger partial charge >= 0.3 is 0 Å². The summed E-state index contributed by atoms with van der Waals surface area (Å²) in [7, 11) is 0. The van der Waals surface area contributed by atoms with E-state index in [-0.39, 0.29) is 0 Å². The van der Waals surface area contributed by atoms with E-state index in [9.17, 15) is 0 Å². The monoisotopic (exact) mass is 186 g/mol. The van der Waals surface area contributed by atoms with Gasteiger partial charge in [-0.25, -0.2) is 0 Å². The van der Waals surface area contributed by atoms with Crippen LogP contribution in [0, 0.1) is 0 Å². The molecular formula is C11H22O2. The topological polar surface area (TPSA) is 18.5 Å². The van der Waals surface area contributed by atoms with Crippen LogP contribution in [0.25, 0.3) is 0 Å². The van der Waals surface area contributed by atoms with E-state index in [0.29, 0.717) is 18.3 Å². The minimum atomic E-state index is 0.329. The zero-order valence-corrected chi connectivity index (χ0v) is 9.08. The summed E-state index contributed by atoms with van der Waals surface area (Å²) in [5, 5.41) is 0. The number of hydrogen-bond acceptors (Lipinski definition) is 2. The Kier molecular flexibility index (Phi) is 4.74. The highest BCUT2D eigenvalue weighted by Gasteiger charge is 2.29. The Morgan fingerprint density at radius 1 is 1.23 bits per heavy atom. The van der Waals surface area contributed by atoms with Crippen LogP contribution in [-0.4, -0.2) is 24.9 Å². The molecule has 0 aromatic heterocycles. The molecule has 2 nitrogen and oxygen atoms in total. The molecule has 2 unspecified atom stereocenters. The summed E-state index contributed by atoms with van der Waals surface area (Å²) in [6, 6.07) is 0. The second kappa shape index (κ2) is 5.61.